The maximum Gasteiger partial charge on any atom is 0.213 e. The van der Waals surface area contributed by atoms with Gasteiger partial charge in [0.2, 0.25) is 5.79 Å². The Morgan fingerprint density at radius 1 is 1.29 bits per heavy atom. The highest BCUT2D eigenvalue weighted by atomic mass is 19.1. The number of allylic oxidation sites excluding steroid dienone is 1. The van der Waals surface area contributed by atoms with E-state index in [9.17, 15) is 13.2 Å². The van der Waals surface area contributed by atoms with E-state index >= 15 is 0 Å². The number of rotatable bonds is 4. The van der Waals surface area contributed by atoms with Crippen molar-refractivity contribution in [3.05, 3.63) is 65.0 Å². The lowest BCUT2D eigenvalue weighted by atomic mass is 10.1. The van der Waals surface area contributed by atoms with Gasteiger partial charge in [-0.25, -0.2) is 18.2 Å². The van der Waals surface area contributed by atoms with E-state index in [1.54, 1.807) is 30.2 Å². The van der Waals surface area contributed by atoms with Crippen molar-refractivity contribution in [3.8, 4) is 0 Å². The lowest BCUT2D eigenvalue weighted by Gasteiger charge is -2.30. The van der Waals surface area contributed by atoms with Crippen LogP contribution < -0.4 is 16.4 Å². The van der Waals surface area contributed by atoms with Crippen molar-refractivity contribution in [2.45, 2.75) is 12.3 Å². The van der Waals surface area contributed by atoms with Crippen LogP contribution in [0.5, 0.6) is 0 Å². The Bertz CT molecular complexity index is 805. The molecule has 1 aliphatic heterocycles. The number of halogens is 3. The van der Waals surface area contributed by atoms with E-state index in [0.717, 1.165) is 0 Å². The first kappa shape index (κ1) is 16.1. The van der Waals surface area contributed by atoms with Crippen LogP contribution >= 0.6 is 0 Å². The van der Waals surface area contributed by atoms with Crippen LogP contribution in [-0.4, -0.2) is 16.0 Å². The third-order valence-electron chi connectivity index (χ3n) is 3.55. The molecule has 3 rings (SSSR count). The third-order valence-corrected chi connectivity index (χ3v) is 3.55. The largest absolute Gasteiger partial charge is 0.367 e. The van der Waals surface area contributed by atoms with Gasteiger partial charge in [-0.15, -0.1) is 0 Å². The van der Waals surface area contributed by atoms with Gasteiger partial charge in [0.05, 0.1) is 11.8 Å². The molecule has 1 atom stereocenters. The molecular formula is C15H15F3N6. The quantitative estimate of drug-likeness (QED) is 0.784. The number of nitrogens with two attached hydrogens (primary N) is 1. The van der Waals surface area contributed by atoms with Crippen molar-refractivity contribution >= 4 is 6.21 Å². The minimum absolute atomic E-state index is 0.187. The van der Waals surface area contributed by atoms with Crippen LogP contribution in [0.25, 0.3) is 0 Å². The summed E-state index contributed by atoms with van der Waals surface area (Å²) < 4.78 is 41.8. The second-order valence-electron chi connectivity index (χ2n) is 5.35. The van der Waals surface area contributed by atoms with Crippen molar-refractivity contribution in [1.29, 1.82) is 0 Å². The van der Waals surface area contributed by atoms with Crippen molar-refractivity contribution in [2.24, 2.45) is 17.8 Å². The fourth-order valence-electron chi connectivity index (χ4n) is 2.30. The minimum Gasteiger partial charge on any atom is -0.367 e. The first-order valence-electron chi connectivity index (χ1n) is 7.06. The summed E-state index contributed by atoms with van der Waals surface area (Å²) >= 11 is 0. The van der Waals surface area contributed by atoms with Gasteiger partial charge in [-0.2, -0.15) is 5.10 Å². The van der Waals surface area contributed by atoms with Crippen LogP contribution in [0.4, 0.5) is 13.2 Å². The highest BCUT2D eigenvalue weighted by molar-refractivity contribution is 5.73. The summed E-state index contributed by atoms with van der Waals surface area (Å²) in [6.45, 7) is -0.187. The second-order valence-corrected chi connectivity index (χ2v) is 5.35. The fourth-order valence-corrected chi connectivity index (χ4v) is 2.30. The summed E-state index contributed by atoms with van der Waals surface area (Å²) in [6.07, 6.45) is 6.31. The van der Waals surface area contributed by atoms with Gasteiger partial charge in [-0.1, -0.05) is 0 Å². The predicted molar refractivity (Wildman–Crippen MR) is 81.9 cm³/mol. The summed E-state index contributed by atoms with van der Waals surface area (Å²) in [6, 6.07) is 1.26. The summed E-state index contributed by atoms with van der Waals surface area (Å²) in [5.41, 5.74) is 6.54. The minimum atomic E-state index is -1.24. The van der Waals surface area contributed by atoms with Crippen LogP contribution in [0.1, 0.15) is 11.1 Å². The molecule has 0 spiro atoms. The zero-order valence-electron chi connectivity index (χ0n) is 12.7. The number of hydrogen-bond acceptors (Lipinski definition) is 5. The molecule has 2 heterocycles. The first-order chi connectivity index (χ1) is 11.4. The van der Waals surface area contributed by atoms with Crippen molar-refractivity contribution in [2.75, 3.05) is 0 Å². The van der Waals surface area contributed by atoms with Crippen molar-refractivity contribution in [3.63, 3.8) is 0 Å². The van der Waals surface area contributed by atoms with E-state index in [-0.39, 0.29) is 12.1 Å². The molecule has 0 radical (unpaired) electrons. The number of hydrogen-bond donors (Lipinski definition) is 3. The van der Waals surface area contributed by atoms with Crippen molar-refractivity contribution in [1.82, 2.24) is 20.4 Å². The topological polar surface area (TPSA) is 80.3 Å². The summed E-state index contributed by atoms with van der Waals surface area (Å²) in [4.78, 5) is 4.17. The lowest BCUT2D eigenvalue weighted by Crippen LogP contribution is -2.52. The Morgan fingerprint density at radius 2 is 2.00 bits per heavy atom. The Hall–Kier alpha value is -2.81. The molecule has 6 nitrogen and oxygen atoms in total. The SMILES string of the molecule is Cn1cc(C2(N)N=CC=C(NCc3c(F)cc(F)cc3F)N2)cn1. The Balaban J connectivity index is 1.73. The maximum atomic E-state index is 13.7. The van der Waals surface area contributed by atoms with Gasteiger partial charge in [0.1, 0.15) is 23.3 Å². The van der Waals surface area contributed by atoms with E-state index in [1.165, 1.54) is 6.21 Å². The van der Waals surface area contributed by atoms with Gasteiger partial charge in [-0.3, -0.25) is 10.4 Å². The number of aromatic nitrogens is 2. The molecule has 0 aliphatic carbocycles. The molecule has 9 heteroatoms. The van der Waals surface area contributed by atoms with Gasteiger partial charge < -0.3 is 10.6 Å². The molecule has 0 amide bonds. The molecule has 2 aromatic rings. The van der Waals surface area contributed by atoms with E-state index in [2.05, 4.69) is 20.7 Å². The average molecular weight is 336 g/mol. The molecule has 24 heavy (non-hydrogen) atoms. The number of nitrogens with zero attached hydrogens (tertiary/aromatic N) is 3. The molecule has 4 N–H and O–H groups in total. The summed E-state index contributed by atoms with van der Waals surface area (Å²) in [7, 11) is 1.74. The highest BCUT2D eigenvalue weighted by Gasteiger charge is 2.30. The van der Waals surface area contributed by atoms with Crippen LogP contribution in [0.3, 0.4) is 0 Å². The molecule has 0 fully saturated rings. The number of nitrogens with one attached hydrogen (secondary N) is 2. The van der Waals surface area contributed by atoms with Gasteiger partial charge in [0, 0.05) is 43.7 Å². The normalized spacial score (nSPS) is 19.8. The lowest BCUT2D eigenvalue weighted by molar-refractivity contribution is 0.379. The Labute approximate surface area is 135 Å². The molecule has 0 saturated carbocycles. The first-order valence-corrected chi connectivity index (χ1v) is 7.06. The monoisotopic (exact) mass is 336 g/mol. The van der Waals surface area contributed by atoms with Crippen molar-refractivity contribution < 1.29 is 13.2 Å². The van der Waals surface area contributed by atoms with Crippen LogP contribution in [-0.2, 0) is 19.4 Å². The van der Waals surface area contributed by atoms with Crippen LogP contribution in [0, 0.1) is 17.5 Å². The molecular weight excluding hydrogens is 321 g/mol. The molecule has 1 aromatic heterocycles. The summed E-state index contributed by atoms with van der Waals surface area (Å²) in [5.74, 6) is -3.72. The highest BCUT2D eigenvalue weighted by Crippen LogP contribution is 2.20. The van der Waals surface area contributed by atoms with Gasteiger partial charge in [0.15, 0.2) is 0 Å². The molecule has 1 aliphatic rings. The van der Waals surface area contributed by atoms with Crippen LogP contribution in [0.2, 0.25) is 0 Å². The predicted octanol–water partition coefficient (Wildman–Crippen LogP) is 1.21. The molecule has 1 aromatic carbocycles. The van der Waals surface area contributed by atoms with Gasteiger partial charge >= 0.3 is 0 Å². The molecule has 1 unspecified atom stereocenters. The summed E-state index contributed by atoms with van der Waals surface area (Å²) in [5, 5.41) is 9.79. The van der Waals surface area contributed by atoms with Gasteiger partial charge in [0.25, 0.3) is 0 Å². The zero-order valence-corrected chi connectivity index (χ0v) is 12.7. The van der Waals surface area contributed by atoms with E-state index in [0.29, 0.717) is 23.5 Å². The number of benzene rings is 1. The van der Waals surface area contributed by atoms with Crippen LogP contribution in [0.15, 0.2) is 41.4 Å². The zero-order chi connectivity index (χ0) is 17.3. The second kappa shape index (κ2) is 6.00. The molecule has 0 bridgehead atoms. The molecule has 126 valence electrons. The maximum absolute atomic E-state index is 13.7. The third kappa shape index (κ3) is 3.11. The Morgan fingerprint density at radius 3 is 2.62 bits per heavy atom. The standard InChI is InChI=1S/C15H15F3N6/c1-24-8-9(6-22-24)15(19)21-3-2-14(23-15)20-7-11-12(17)4-10(16)5-13(11)18/h2-6,8,20,23H,7,19H2,1H3. The Kier molecular flexibility index (Phi) is 4.02. The van der Waals surface area contributed by atoms with E-state index in [4.69, 9.17) is 5.73 Å². The van der Waals surface area contributed by atoms with E-state index in [1.807, 2.05) is 0 Å². The number of aliphatic imine (C=N–C) groups is 1. The van der Waals surface area contributed by atoms with Gasteiger partial charge in [-0.05, 0) is 6.08 Å². The van der Waals surface area contributed by atoms with E-state index < -0.39 is 23.2 Å². The molecule has 0 saturated heterocycles. The smallest absolute Gasteiger partial charge is 0.213 e. The fraction of sp³-hybridized carbons (Fsp3) is 0.200. The average Bonchev–Trinajstić information content (AvgIpc) is 2.94. The number of aryl methyl sites for hydroxylation is 1.